The van der Waals surface area contributed by atoms with Gasteiger partial charge in [0.2, 0.25) is 5.91 Å². The second-order valence-corrected chi connectivity index (χ2v) is 11.7. The number of hydrogen-bond acceptors (Lipinski definition) is 6. The van der Waals surface area contributed by atoms with Crippen molar-refractivity contribution < 1.29 is 19.1 Å². The lowest BCUT2D eigenvalue weighted by atomic mass is 9.95. The van der Waals surface area contributed by atoms with E-state index >= 15 is 0 Å². The van der Waals surface area contributed by atoms with Gasteiger partial charge in [-0.05, 0) is 30.2 Å². The van der Waals surface area contributed by atoms with Crippen molar-refractivity contribution in [3.63, 3.8) is 0 Å². The van der Waals surface area contributed by atoms with Crippen molar-refractivity contribution in [3.8, 4) is 0 Å². The number of thiazole rings is 1. The van der Waals surface area contributed by atoms with E-state index in [0.717, 1.165) is 19.3 Å². The van der Waals surface area contributed by atoms with Crippen LogP contribution in [-0.2, 0) is 19.7 Å². The number of ether oxygens (including phenoxy) is 1. The highest BCUT2D eigenvalue weighted by Gasteiger charge is 2.44. The van der Waals surface area contributed by atoms with Gasteiger partial charge in [-0.15, -0.1) is 11.3 Å². The van der Waals surface area contributed by atoms with Crippen molar-refractivity contribution in [3.05, 3.63) is 52.0 Å². The number of nitrogens with zero attached hydrogens (tertiary/aromatic N) is 2. The summed E-state index contributed by atoms with van der Waals surface area (Å²) in [4.78, 5) is 44.1. The number of rotatable bonds is 13. The second-order valence-electron chi connectivity index (χ2n) is 10.8. The number of amides is 2. The molecule has 7 nitrogen and oxygen atoms in total. The van der Waals surface area contributed by atoms with Crippen molar-refractivity contribution >= 4 is 29.1 Å². The van der Waals surface area contributed by atoms with Crippen LogP contribution in [0.3, 0.4) is 0 Å². The minimum atomic E-state index is -0.630. The van der Waals surface area contributed by atoms with Crippen LogP contribution < -0.4 is 5.32 Å². The zero-order valence-electron chi connectivity index (χ0n) is 23.0. The fourth-order valence-electron chi connectivity index (χ4n) is 4.66. The van der Waals surface area contributed by atoms with Crippen LogP contribution in [0, 0.1) is 11.8 Å². The minimum Gasteiger partial charge on any atom is -0.455 e. The molecule has 1 aliphatic rings. The van der Waals surface area contributed by atoms with E-state index in [1.54, 1.807) is 10.3 Å². The summed E-state index contributed by atoms with van der Waals surface area (Å²) in [5, 5.41) is 5.33. The molecule has 0 radical (unpaired) electrons. The molecule has 3 rings (SSSR count). The average Bonchev–Trinajstić information content (AvgIpc) is 3.51. The topological polar surface area (TPSA) is 88.6 Å². The van der Waals surface area contributed by atoms with Gasteiger partial charge in [0.25, 0.3) is 5.91 Å². The first kappa shape index (κ1) is 28.8. The van der Waals surface area contributed by atoms with Gasteiger partial charge >= 0.3 is 5.97 Å². The van der Waals surface area contributed by atoms with Gasteiger partial charge in [-0.3, -0.25) is 14.4 Å². The van der Waals surface area contributed by atoms with Gasteiger partial charge in [0.05, 0.1) is 0 Å². The monoisotopic (exact) mass is 527 g/mol. The molecule has 202 valence electrons. The first-order chi connectivity index (χ1) is 17.6. The Balaban J connectivity index is 1.70. The Bertz CT molecular complexity index is 1060. The molecule has 0 saturated heterocycles. The van der Waals surface area contributed by atoms with Gasteiger partial charge in [-0.2, -0.15) is 0 Å². The number of esters is 1. The van der Waals surface area contributed by atoms with Gasteiger partial charge < -0.3 is 15.0 Å². The molecule has 0 unspecified atom stereocenters. The molecule has 0 bridgehead atoms. The number of nitrogens with one attached hydrogen (secondary N) is 1. The second kappa shape index (κ2) is 12.7. The van der Waals surface area contributed by atoms with Crippen LogP contribution in [-0.4, -0.2) is 47.3 Å². The van der Waals surface area contributed by atoms with E-state index in [1.807, 2.05) is 25.2 Å². The summed E-state index contributed by atoms with van der Waals surface area (Å²) < 4.78 is 5.66. The van der Waals surface area contributed by atoms with Crippen LogP contribution in [0.25, 0.3) is 0 Å². The van der Waals surface area contributed by atoms with Gasteiger partial charge in [0.1, 0.15) is 10.7 Å². The van der Waals surface area contributed by atoms with Crippen molar-refractivity contribution in [1.82, 2.24) is 15.2 Å². The summed E-state index contributed by atoms with van der Waals surface area (Å²) in [7, 11) is 1.82. The first-order valence-electron chi connectivity index (χ1n) is 13.3. The third kappa shape index (κ3) is 7.63. The molecule has 1 aromatic carbocycles. The van der Waals surface area contributed by atoms with Crippen molar-refractivity contribution in [1.29, 1.82) is 0 Å². The number of aromatic nitrogens is 1. The van der Waals surface area contributed by atoms with E-state index in [2.05, 4.69) is 50.1 Å². The molecule has 1 aliphatic carbocycles. The molecular weight excluding hydrogens is 486 g/mol. The lowest BCUT2D eigenvalue weighted by molar-refractivity contribution is -0.148. The van der Waals surface area contributed by atoms with Crippen LogP contribution in [0.4, 0.5) is 0 Å². The molecule has 1 saturated carbocycles. The molecule has 8 heteroatoms. The quantitative estimate of drug-likeness (QED) is 0.347. The highest BCUT2D eigenvalue weighted by Crippen LogP contribution is 2.47. The predicted octanol–water partition coefficient (Wildman–Crippen LogP) is 5.52. The zero-order chi connectivity index (χ0) is 27.2. The van der Waals surface area contributed by atoms with E-state index in [4.69, 9.17) is 4.74 Å². The van der Waals surface area contributed by atoms with Crippen LogP contribution in [0.5, 0.6) is 0 Å². The van der Waals surface area contributed by atoms with Crippen molar-refractivity contribution in [2.24, 2.45) is 11.8 Å². The van der Waals surface area contributed by atoms with Gasteiger partial charge in [0, 0.05) is 50.2 Å². The maximum absolute atomic E-state index is 12.9. The zero-order valence-corrected chi connectivity index (χ0v) is 23.8. The summed E-state index contributed by atoms with van der Waals surface area (Å²) in [5.41, 5.74) is 1.58. The van der Waals surface area contributed by atoms with E-state index in [9.17, 15) is 14.4 Å². The van der Waals surface area contributed by atoms with E-state index in [0.29, 0.717) is 36.0 Å². The number of hydrogen-bond donors (Lipinski definition) is 1. The maximum atomic E-state index is 12.9. The van der Waals surface area contributed by atoms with Crippen LogP contribution in [0.2, 0.25) is 0 Å². The van der Waals surface area contributed by atoms with Gasteiger partial charge in [-0.25, -0.2) is 4.98 Å². The SMILES string of the molecule is CC[C@H](C)CC(=O)N(C)[C@H](C[C@@H](OC(C)=O)c1nc(C(=O)NCC2(c3ccccc3)CC2)cs1)C(C)C. The minimum absolute atomic E-state index is 0.00687. The van der Waals surface area contributed by atoms with Crippen LogP contribution in [0.1, 0.15) is 93.9 Å². The van der Waals surface area contributed by atoms with Gasteiger partial charge in [-0.1, -0.05) is 64.4 Å². The molecule has 3 atom stereocenters. The van der Waals surface area contributed by atoms with Crippen LogP contribution in [0.15, 0.2) is 35.7 Å². The largest absolute Gasteiger partial charge is 0.455 e. The molecular formula is C29H41N3O4S. The lowest BCUT2D eigenvalue weighted by Crippen LogP contribution is -2.42. The highest BCUT2D eigenvalue weighted by atomic mass is 32.1. The highest BCUT2D eigenvalue weighted by molar-refractivity contribution is 7.09. The fraction of sp³-hybridized carbons (Fsp3) is 0.586. The standard InChI is InChI=1S/C29H41N3O4S/c1-7-20(4)15-26(34)32(6)24(19(2)3)16-25(36-21(5)33)28-31-23(17-37-28)27(35)30-18-29(13-14-29)22-11-9-8-10-12-22/h8-12,17,19-20,24-25H,7,13-16,18H2,1-6H3,(H,30,35)/t20-,24+,25+/m0/s1. The molecule has 2 amide bonds. The number of carbonyl (C=O) groups excluding carboxylic acids is 3. The Labute approximate surface area is 225 Å². The van der Waals surface area contributed by atoms with Crippen LogP contribution >= 0.6 is 11.3 Å². The fourth-order valence-corrected chi connectivity index (χ4v) is 5.50. The summed E-state index contributed by atoms with van der Waals surface area (Å²) in [6.45, 7) is 10.2. The number of carbonyl (C=O) groups is 3. The molecule has 37 heavy (non-hydrogen) atoms. The molecule has 1 heterocycles. The predicted molar refractivity (Wildman–Crippen MR) is 146 cm³/mol. The molecule has 2 aromatic rings. The summed E-state index contributed by atoms with van der Waals surface area (Å²) in [6.07, 6.45) is 3.32. The van der Waals surface area contributed by atoms with Crippen molar-refractivity contribution in [2.45, 2.75) is 84.3 Å². The normalized spacial score (nSPS) is 16.5. The van der Waals surface area contributed by atoms with E-state index < -0.39 is 12.1 Å². The summed E-state index contributed by atoms with van der Waals surface area (Å²) in [5.74, 6) is -0.0993. The summed E-state index contributed by atoms with van der Waals surface area (Å²) in [6, 6.07) is 10.1. The smallest absolute Gasteiger partial charge is 0.303 e. The Kier molecular flexibility index (Phi) is 9.87. The average molecular weight is 528 g/mol. The van der Waals surface area contributed by atoms with E-state index in [1.165, 1.54) is 23.8 Å². The first-order valence-corrected chi connectivity index (χ1v) is 14.2. The lowest BCUT2D eigenvalue weighted by Gasteiger charge is -2.34. The van der Waals surface area contributed by atoms with Gasteiger partial charge in [0.15, 0.2) is 6.10 Å². The summed E-state index contributed by atoms with van der Waals surface area (Å²) >= 11 is 1.31. The molecule has 0 aliphatic heterocycles. The third-order valence-corrected chi connectivity index (χ3v) is 8.44. The van der Waals surface area contributed by atoms with Crippen molar-refractivity contribution in [2.75, 3.05) is 13.6 Å². The van der Waals surface area contributed by atoms with E-state index in [-0.39, 0.29) is 29.2 Å². The Hall–Kier alpha value is -2.74. The third-order valence-electron chi connectivity index (χ3n) is 7.50. The maximum Gasteiger partial charge on any atom is 0.303 e. The molecule has 1 fully saturated rings. The Morgan fingerprint density at radius 1 is 1.16 bits per heavy atom. The molecule has 0 spiro atoms. The molecule has 1 N–H and O–H groups in total. The number of benzene rings is 1. The Morgan fingerprint density at radius 2 is 1.84 bits per heavy atom. The molecule has 1 aromatic heterocycles. The Morgan fingerprint density at radius 3 is 2.41 bits per heavy atom.